The van der Waals surface area contributed by atoms with Crippen LogP contribution in [0.25, 0.3) is 0 Å². The van der Waals surface area contributed by atoms with Gasteiger partial charge in [-0.3, -0.25) is 4.99 Å². The maximum Gasteiger partial charge on any atom is 0.226 e. The molecule has 0 spiro atoms. The van der Waals surface area contributed by atoms with E-state index in [0.29, 0.717) is 11.7 Å². The average Bonchev–Trinajstić information content (AvgIpc) is 3.09. The first-order valence-corrected chi connectivity index (χ1v) is 9.53. The number of piperidine rings is 1. The van der Waals surface area contributed by atoms with Crippen molar-refractivity contribution in [1.82, 2.24) is 20.4 Å². The Kier molecular flexibility index (Phi) is 9.03. The molecule has 1 aliphatic rings. The highest BCUT2D eigenvalue weighted by molar-refractivity contribution is 14.0. The normalized spacial score (nSPS) is 15.5. The molecule has 0 saturated carbocycles. The summed E-state index contributed by atoms with van der Waals surface area (Å²) >= 11 is 0. The molecule has 148 valence electrons. The zero-order chi connectivity index (χ0) is 18.2. The lowest BCUT2D eigenvalue weighted by Gasteiger charge is -2.34. The van der Waals surface area contributed by atoms with Crippen molar-refractivity contribution in [2.45, 2.75) is 39.0 Å². The molecule has 2 aromatic rings. The zero-order valence-electron chi connectivity index (χ0n) is 16.2. The molecule has 1 aromatic heterocycles. The monoisotopic (exact) mass is 483 g/mol. The van der Waals surface area contributed by atoms with E-state index < -0.39 is 0 Å². The molecule has 3 rings (SSSR count). The van der Waals surface area contributed by atoms with Gasteiger partial charge in [0, 0.05) is 33.1 Å². The lowest BCUT2D eigenvalue weighted by atomic mass is 9.90. The molecule has 7 heteroatoms. The van der Waals surface area contributed by atoms with Gasteiger partial charge in [0.15, 0.2) is 11.8 Å². The molecule has 0 aliphatic carbocycles. The van der Waals surface area contributed by atoms with E-state index in [-0.39, 0.29) is 24.0 Å². The summed E-state index contributed by atoms with van der Waals surface area (Å²) in [5.41, 5.74) is 1.45. The molecule has 2 heterocycles. The first-order valence-electron chi connectivity index (χ1n) is 9.53. The molecule has 1 aliphatic heterocycles. The number of aromatic nitrogens is 2. The van der Waals surface area contributed by atoms with Crippen LogP contribution in [0.4, 0.5) is 0 Å². The number of aryl methyl sites for hydroxylation is 2. The van der Waals surface area contributed by atoms with Crippen LogP contribution in [-0.2, 0) is 12.8 Å². The second-order valence-electron chi connectivity index (χ2n) is 6.93. The number of likely N-dealkylation sites (tertiary alicyclic amines) is 1. The molecule has 1 N–H and O–H groups in total. The fourth-order valence-electron chi connectivity index (χ4n) is 3.51. The molecule has 6 nitrogen and oxygen atoms in total. The number of guanidine groups is 1. The van der Waals surface area contributed by atoms with Crippen LogP contribution in [0.1, 0.15) is 36.5 Å². The standard InChI is InChI=1S/C20H29N5O.HI/c1-16-23-19(26-24-16)9-6-12-22-20(21-2)25-13-10-18(11-14-25)15-17-7-4-3-5-8-17;/h3-5,7-8,18H,6,9-15H2,1-2H3,(H,21,22);1H. The third kappa shape index (κ3) is 6.79. The highest BCUT2D eigenvalue weighted by Crippen LogP contribution is 2.21. The van der Waals surface area contributed by atoms with Crippen molar-refractivity contribution >= 4 is 29.9 Å². The fraction of sp³-hybridized carbons (Fsp3) is 0.550. The van der Waals surface area contributed by atoms with Gasteiger partial charge in [-0.25, -0.2) is 0 Å². The molecule has 0 bridgehead atoms. The van der Waals surface area contributed by atoms with E-state index in [1.54, 1.807) is 0 Å². The molecule has 0 atom stereocenters. The summed E-state index contributed by atoms with van der Waals surface area (Å²) in [6, 6.07) is 10.8. The largest absolute Gasteiger partial charge is 0.356 e. The van der Waals surface area contributed by atoms with Crippen molar-refractivity contribution in [3.05, 3.63) is 47.6 Å². The van der Waals surface area contributed by atoms with E-state index in [4.69, 9.17) is 4.52 Å². The third-order valence-electron chi connectivity index (χ3n) is 4.91. The summed E-state index contributed by atoms with van der Waals surface area (Å²) < 4.78 is 5.15. The van der Waals surface area contributed by atoms with Gasteiger partial charge in [-0.05, 0) is 44.1 Å². The minimum Gasteiger partial charge on any atom is -0.356 e. The van der Waals surface area contributed by atoms with Crippen LogP contribution in [0.15, 0.2) is 39.8 Å². The number of hydrogen-bond acceptors (Lipinski definition) is 4. The van der Waals surface area contributed by atoms with Gasteiger partial charge in [0.2, 0.25) is 5.89 Å². The quantitative estimate of drug-likeness (QED) is 0.295. The number of hydrogen-bond donors (Lipinski definition) is 1. The molecule has 0 radical (unpaired) electrons. The van der Waals surface area contributed by atoms with Crippen LogP contribution in [0.5, 0.6) is 0 Å². The second-order valence-corrected chi connectivity index (χ2v) is 6.93. The van der Waals surface area contributed by atoms with Crippen LogP contribution >= 0.6 is 24.0 Å². The van der Waals surface area contributed by atoms with Gasteiger partial charge < -0.3 is 14.7 Å². The van der Waals surface area contributed by atoms with Gasteiger partial charge in [0.25, 0.3) is 0 Å². The number of nitrogens with one attached hydrogen (secondary N) is 1. The number of aliphatic imine (C=N–C) groups is 1. The van der Waals surface area contributed by atoms with Gasteiger partial charge in [0.1, 0.15) is 0 Å². The summed E-state index contributed by atoms with van der Waals surface area (Å²) in [5.74, 6) is 3.18. The maximum absolute atomic E-state index is 5.15. The molecule has 0 unspecified atom stereocenters. The summed E-state index contributed by atoms with van der Waals surface area (Å²) in [6.07, 6.45) is 5.37. The SMILES string of the molecule is CN=C(NCCCc1nc(C)no1)N1CCC(Cc2ccccc2)CC1.I. The molecular formula is C20H30IN5O. The Balaban J connectivity index is 0.00000261. The van der Waals surface area contributed by atoms with Crippen molar-refractivity contribution < 1.29 is 4.52 Å². The Morgan fingerprint density at radius 2 is 2.00 bits per heavy atom. The van der Waals surface area contributed by atoms with Crippen LogP contribution < -0.4 is 5.32 Å². The predicted octanol–water partition coefficient (Wildman–Crippen LogP) is 3.46. The zero-order valence-corrected chi connectivity index (χ0v) is 18.6. The number of rotatable bonds is 6. The molecule has 27 heavy (non-hydrogen) atoms. The highest BCUT2D eigenvalue weighted by Gasteiger charge is 2.21. The van der Waals surface area contributed by atoms with Gasteiger partial charge >= 0.3 is 0 Å². The lowest BCUT2D eigenvalue weighted by Crippen LogP contribution is -2.46. The summed E-state index contributed by atoms with van der Waals surface area (Å²) in [4.78, 5) is 11.1. The topological polar surface area (TPSA) is 66.5 Å². The Bertz CT molecular complexity index is 695. The van der Waals surface area contributed by atoms with Crippen molar-refractivity contribution in [2.24, 2.45) is 10.9 Å². The van der Waals surface area contributed by atoms with Crippen molar-refractivity contribution in [3.8, 4) is 0 Å². The van der Waals surface area contributed by atoms with E-state index in [2.05, 4.69) is 55.7 Å². The van der Waals surface area contributed by atoms with Crippen LogP contribution in [0.2, 0.25) is 0 Å². The van der Waals surface area contributed by atoms with Crippen molar-refractivity contribution in [3.63, 3.8) is 0 Å². The number of benzene rings is 1. The third-order valence-corrected chi connectivity index (χ3v) is 4.91. The molecule has 1 saturated heterocycles. The first-order chi connectivity index (χ1) is 12.7. The van der Waals surface area contributed by atoms with E-state index in [0.717, 1.165) is 44.4 Å². The smallest absolute Gasteiger partial charge is 0.226 e. The molecular weight excluding hydrogens is 453 g/mol. The van der Waals surface area contributed by atoms with Crippen LogP contribution in [0, 0.1) is 12.8 Å². The lowest BCUT2D eigenvalue weighted by molar-refractivity contribution is 0.259. The van der Waals surface area contributed by atoms with Crippen LogP contribution in [-0.4, -0.2) is 47.7 Å². The Morgan fingerprint density at radius 3 is 2.63 bits per heavy atom. The summed E-state index contributed by atoms with van der Waals surface area (Å²) in [5, 5.41) is 7.29. The van der Waals surface area contributed by atoms with E-state index in [1.807, 2.05) is 14.0 Å². The maximum atomic E-state index is 5.15. The summed E-state index contributed by atoms with van der Waals surface area (Å²) in [6.45, 7) is 4.84. The minimum absolute atomic E-state index is 0. The highest BCUT2D eigenvalue weighted by atomic mass is 127. The Labute approximate surface area is 178 Å². The van der Waals surface area contributed by atoms with Crippen molar-refractivity contribution in [1.29, 1.82) is 0 Å². The van der Waals surface area contributed by atoms with Gasteiger partial charge in [-0.15, -0.1) is 24.0 Å². The van der Waals surface area contributed by atoms with E-state index in [1.165, 1.54) is 24.8 Å². The Hall–Kier alpha value is -1.64. The first kappa shape index (κ1) is 21.7. The van der Waals surface area contributed by atoms with E-state index >= 15 is 0 Å². The Morgan fingerprint density at radius 1 is 1.26 bits per heavy atom. The van der Waals surface area contributed by atoms with Gasteiger partial charge in [-0.2, -0.15) is 4.98 Å². The molecule has 1 aromatic carbocycles. The predicted molar refractivity (Wildman–Crippen MR) is 119 cm³/mol. The fourth-order valence-corrected chi connectivity index (χ4v) is 3.51. The average molecular weight is 483 g/mol. The minimum atomic E-state index is 0. The van der Waals surface area contributed by atoms with Gasteiger partial charge in [-0.1, -0.05) is 35.5 Å². The number of nitrogens with zero attached hydrogens (tertiary/aromatic N) is 4. The summed E-state index contributed by atoms with van der Waals surface area (Å²) in [7, 11) is 1.86. The van der Waals surface area contributed by atoms with E-state index in [9.17, 15) is 0 Å². The number of halogens is 1. The van der Waals surface area contributed by atoms with Crippen LogP contribution in [0.3, 0.4) is 0 Å². The van der Waals surface area contributed by atoms with Gasteiger partial charge in [0.05, 0.1) is 0 Å². The van der Waals surface area contributed by atoms with Crippen molar-refractivity contribution in [2.75, 3.05) is 26.7 Å². The molecule has 1 fully saturated rings. The second kappa shape index (κ2) is 11.3. The molecule has 0 amide bonds.